The molecule has 0 bridgehead atoms. The average molecular weight is 278 g/mol. The van der Waals surface area contributed by atoms with Crippen LogP contribution in [-0.2, 0) is 9.59 Å². The summed E-state index contributed by atoms with van der Waals surface area (Å²) in [7, 11) is 0. The lowest BCUT2D eigenvalue weighted by Crippen LogP contribution is -2.35. The number of amides is 2. The van der Waals surface area contributed by atoms with Crippen LogP contribution in [0.15, 0.2) is 30.3 Å². The summed E-state index contributed by atoms with van der Waals surface area (Å²) in [4.78, 5) is 22.7. The van der Waals surface area contributed by atoms with Gasteiger partial charge in [0, 0.05) is 25.1 Å². The van der Waals surface area contributed by atoms with Gasteiger partial charge in [0.05, 0.1) is 0 Å². The summed E-state index contributed by atoms with van der Waals surface area (Å²) in [5, 5.41) is 5.34. The predicted octanol–water partition coefficient (Wildman–Crippen LogP) is 1.73. The number of hydrogen-bond donors (Lipinski definition) is 2. The third-order valence-electron chi connectivity index (χ3n) is 2.55. The molecule has 0 fully saturated rings. The Morgan fingerprint density at radius 1 is 1.15 bits per heavy atom. The van der Waals surface area contributed by atoms with E-state index in [0.29, 0.717) is 13.1 Å². The van der Waals surface area contributed by atoms with E-state index < -0.39 is 0 Å². The Labute approximate surface area is 118 Å². The van der Waals surface area contributed by atoms with Gasteiger partial charge in [0.25, 0.3) is 0 Å². The molecule has 20 heavy (non-hydrogen) atoms. The molecule has 1 aromatic rings. The monoisotopic (exact) mass is 278 g/mol. The number of rotatable bonds is 6. The molecule has 0 atom stereocenters. The molecule has 0 aliphatic rings. The molecule has 0 heterocycles. The van der Waals surface area contributed by atoms with Crippen LogP contribution in [-0.4, -0.2) is 24.9 Å². The molecule has 5 heteroatoms. The van der Waals surface area contributed by atoms with Gasteiger partial charge in [-0.1, -0.05) is 26.0 Å². The van der Waals surface area contributed by atoms with Crippen LogP contribution in [0.2, 0.25) is 0 Å². The van der Waals surface area contributed by atoms with Gasteiger partial charge in [0.2, 0.25) is 11.8 Å². The van der Waals surface area contributed by atoms with Gasteiger partial charge in [0.1, 0.15) is 5.82 Å². The lowest BCUT2D eigenvalue weighted by atomic mass is 10.2. The van der Waals surface area contributed by atoms with Gasteiger partial charge in [-0.3, -0.25) is 9.59 Å². The van der Waals surface area contributed by atoms with Crippen molar-refractivity contribution in [3.8, 4) is 0 Å². The fraction of sp³-hybridized carbons (Fsp3) is 0.333. The van der Waals surface area contributed by atoms with E-state index in [0.717, 1.165) is 5.56 Å². The molecule has 1 rings (SSSR count). The van der Waals surface area contributed by atoms with Crippen molar-refractivity contribution >= 4 is 17.9 Å². The molecule has 2 amide bonds. The Balaban J connectivity index is 2.26. The first-order valence-electron chi connectivity index (χ1n) is 6.48. The van der Waals surface area contributed by atoms with Crippen molar-refractivity contribution in [2.45, 2.75) is 13.8 Å². The highest BCUT2D eigenvalue weighted by molar-refractivity contribution is 5.91. The first kappa shape index (κ1) is 15.9. The minimum absolute atomic E-state index is 0.0406. The Morgan fingerprint density at radius 2 is 1.75 bits per heavy atom. The van der Waals surface area contributed by atoms with Crippen LogP contribution in [0.25, 0.3) is 6.08 Å². The molecular weight excluding hydrogens is 259 g/mol. The third-order valence-corrected chi connectivity index (χ3v) is 2.55. The number of halogens is 1. The van der Waals surface area contributed by atoms with Crippen molar-refractivity contribution in [3.63, 3.8) is 0 Å². The number of carbonyl (C=O) groups is 2. The van der Waals surface area contributed by atoms with Crippen molar-refractivity contribution in [2.75, 3.05) is 13.1 Å². The molecule has 0 saturated carbocycles. The van der Waals surface area contributed by atoms with E-state index in [-0.39, 0.29) is 23.5 Å². The van der Waals surface area contributed by atoms with Crippen LogP contribution >= 0.6 is 0 Å². The van der Waals surface area contributed by atoms with E-state index in [1.165, 1.54) is 18.2 Å². The maximum Gasteiger partial charge on any atom is 0.244 e. The highest BCUT2D eigenvalue weighted by Gasteiger charge is 2.04. The van der Waals surface area contributed by atoms with Gasteiger partial charge in [-0.15, -0.1) is 0 Å². The van der Waals surface area contributed by atoms with E-state index in [1.807, 2.05) is 0 Å². The highest BCUT2D eigenvalue weighted by atomic mass is 19.1. The van der Waals surface area contributed by atoms with E-state index in [9.17, 15) is 14.0 Å². The minimum atomic E-state index is -0.313. The summed E-state index contributed by atoms with van der Waals surface area (Å²) in [5.74, 6) is -0.675. The molecule has 4 nitrogen and oxygen atoms in total. The Morgan fingerprint density at radius 3 is 2.35 bits per heavy atom. The first-order chi connectivity index (χ1) is 9.49. The van der Waals surface area contributed by atoms with Crippen molar-refractivity contribution in [1.29, 1.82) is 0 Å². The fourth-order valence-electron chi connectivity index (χ4n) is 1.38. The second kappa shape index (κ2) is 8.09. The van der Waals surface area contributed by atoms with E-state index in [2.05, 4.69) is 10.6 Å². The van der Waals surface area contributed by atoms with Gasteiger partial charge >= 0.3 is 0 Å². The Bertz CT molecular complexity index is 481. The maximum atomic E-state index is 12.7. The molecule has 0 aromatic heterocycles. The Hall–Kier alpha value is -2.17. The van der Waals surface area contributed by atoms with Gasteiger partial charge in [0.15, 0.2) is 0 Å². The van der Waals surface area contributed by atoms with Crippen molar-refractivity contribution < 1.29 is 14.0 Å². The SMILES string of the molecule is CC(C)C(=O)NCCNC(=O)C=Cc1ccc(F)cc1. The number of benzene rings is 1. The molecule has 2 N–H and O–H groups in total. The fourth-order valence-corrected chi connectivity index (χ4v) is 1.38. The van der Waals surface area contributed by atoms with Gasteiger partial charge < -0.3 is 10.6 Å². The van der Waals surface area contributed by atoms with Gasteiger partial charge in [-0.05, 0) is 23.8 Å². The second-order valence-corrected chi connectivity index (χ2v) is 4.62. The molecule has 0 aliphatic carbocycles. The van der Waals surface area contributed by atoms with Crippen LogP contribution in [0.4, 0.5) is 4.39 Å². The molecule has 0 unspecified atom stereocenters. The summed E-state index contributed by atoms with van der Waals surface area (Å²) in [5.41, 5.74) is 0.745. The highest BCUT2D eigenvalue weighted by Crippen LogP contribution is 2.04. The van der Waals surface area contributed by atoms with E-state index in [1.54, 1.807) is 32.1 Å². The zero-order valence-electron chi connectivity index (χ0n) is 11.7. The van der Waals surface area contributed by atoms with Crippen molar-refractivity contribution in [2.24, 2.45) is 5.92 Å². The zero-order chi connectivity index (χ0) is 15.0. The Kier molecular flexibility index (Phi) is 6.43. The predicted molar refractivity (Wildman–Crippen MR) is 76.3 cm³/mol. The van der Waals surface area contributed by atoms with Crippen LogP contribution < -0.4 is 10.6 Å². The molecule has 0 spiro atoms. The summed E-state index contributed by atoms with van der Waals surface area (Å²) >= 11 is 0. The van der Waals surface area contributed by atoms with Crippen molar-refractivity contribution in [1.82, 2.24) is 10.6 Å². The minimum Gasteiger partial charge on any atom is -0.354 e. The first-order valence-corrected chi connectivity index (χ1v) is 6.48. The second-order valence-electron chi connectivity index (χ2n) is 4.62. The summed E-state index contributed by atoms with van der Waals surface area (Å²) in [6.45, 7) is 4.37. The van der Waals surface area contributed by atoms with E-state index in [4.69, 9.17) is 0 Å². The van der Waals surface area contributed by atoms with E-state index >= 15 is 0 Å². The summed E-state index contributed by atoms with van der Waals surface area (Å²) in [6.07, 6.45) is 2.97. The number of nitrogens with one attached hydrogen (secondary N) is 2. The standard InChI is InChI=1S/C15H19FN2O2/c1-11(2)15(20)18-10-9-17-14(19)8-5-12-3-6-13(16)7-4-12/h3-8,11H,9-10H2,1-2H3,(H,17,19)(H,18,20). The third kappa shape index (κ3) is 6.13. The van der Waals surface area contributed by atoms with Crippen LogP contribution in [0, 0.1) is 11.7 Å². The van der Waals surface area contributed by atoms with Gasteiger partial charge in [-0.2, -0.15) is 0 Å². The number of carbonyl (C=O) groups excluding carboxylic acids is 2. The van der Waals surface area contributed by atoms with Gasteiger partial charge in [-0.25, -0.2) is 4.39 Å². The zero-order valence-corrected chi connectivity index (χ0v) is 11.7. The van der Waals surface area contributed by atoms with Crippen LogP contribution in [0.5, 0.6) is 0 Å². The normalized spacial score (nSPS) is 10.8. The maximum absolute atomic E-state index is 12.7. The van der Waals surface area contributed by atoms with Crippen molar-refractivity contribution in [3.05, 3.63) is 41.7 Å². The topological polar surface area (TPSA) is 58.2 Å². The molecular formula is C15H19FN2O2. The summed E-state index contributed by atoms with van der Waals surface area (Å²) in [6, 6.07) is 5.84. The van der Waals surface area contributed by atoms with Crippen LogP contribution in [0.3, 0.4) is 0 Å². The largest absolute Gasteiger partial charge is 0.354 e. The molecule has 0 radical (unpaired) electrons. The molecule has 0 aliphatic heterocycles. The smallest absolute Gasteiger partial charge is 0.244 e. The number of hydrogen-bond acceptors (Lipinski definition) is 2. The molecule has 0 saturated heterocycles. The lowest BCUT2D eigenvalue weighted by Gasteiger charge is -2.07. The molecule has 1 aromatic carbocycles. The molecule has 108 valence electrons. The van der Waals surface area contributed by atoms with Crippen LogP contribution in [0.1, 0.15) is 19.4 Å². The summed E-state index contributed by atoms with van der Waals surface area (Å²) < 4.78 is 12.7. The quantitative estimate of drug-likeness (QED) is 0.615. The average Bonchev–Trinajstić information content (AvgIpc) is 2.42. The lowest BCUT2D eigenvalue weighted by molar-refractivity contribution is -0.124.